The molecule has 0 amide bonds. The number of benzene rings is 1. The first-order valence-corrected chi connectivity index (χ1v) is 17.4. The van der Waals surface area contributed by atoms with E-state index in [-0.39, 0.29) is 22.6 Å². The van der Waals surface area contributed by atoms with Crippen LogP contribution in [-0.4, -0.2) is 12.3 Å². The van der Waals surface area contributed by atoms with E-state index in [1.165, 1.54) is 56.9 Å². The molecule has 3 heteroatoms. The van der Waals surface area contributed by atoms with Crippen molar-refractivity contribution in [1.82, 2.24) is 5.32 Å². The Hall–Kier alpha value is -1.48. The third-order valence-corrected chi connectivity index (χ3v) is 14.6. The summed E-state index contributed by atoms with van der Waals surface area (Å²) in [6, 6.07) is 6.85. The van der Waals surface area contributed by atoms with Crippen LogP contribution < -0.4 is 5.32 Å². The highest BCUT2D eigenvalue weighted by atomic mass is 19.1. The molecule has 232 valence electrons. The van der Waals surface area contributed by atoms with Gasteiger partial charge >= 0.3 is 0 Å². The van der Waals surface area contributed by atoms with Crippen molar-refractivity contribution in [3.05, 3.63) is 46.8 Å². The highest BCUT2D eigenvalue weighted by molar-refractivity contribution is 6.01. The Morgan fingerprint density at radius 2 is 1.48 bits per heavy atom. The summed E-state index contributed by atoms with van der Waals surface area (Å²) in [7, 11) is 0. The number of Topliss-reactive ketones (excluding diaryl/α,β-unsaturated/α-hetero) is 1. The average Bonchev–Trinajstić information content (AvgIpc) is 3.23. The van der Waals surface area contributed by atoms with Crippen LogP contribution in [0.15, 0.2) is 35.4 Å². The fraction of sp³-hybridized carbons (Fsp3) is 0.769. The summed E-state index contributed by atoms with van der Waals surface area (Å²) in [6.45, 7) is 21.7. The van der Waals surface area contributed by atoms with Crippen molar-refractivity contribution >= 4 is 5.78 Å². The lowest BCUT2D eigenvalue weighted by molar-refractivity contribution is -0.196. The topological polar surface area (TPSA) is 29.1 Å². The molecule has 0 radical (unpaired) electrons. The molecule has 0 aliphatic heterocycles. The Labute approximate surface area is 256 Å². The number of halogens is 1. The molecule has 42 heavy (non-hydrogen) atoms. The lowest BCUT2D eigenvalue weighted by Crippen LogP contribution is -2.63. The Morgan fingerprint density at radius 3 is 2.17 bits per heavy atom. The number of fused-ring (bicyclic) bond motifs is 7. The molecule has 5 aliphatic carbocycles. The number of allylic oxidation sites excluding steroid dienone is 2. The zero-order valence-electron chi connectivity index (χ0n) is 28.0. The third-order valence-electron chi connectivity index (χ3n) is 14.6. The largest absolute Gasteiger partial charge is 0.312 e. The summed E-state index contributed by atoms with van der Waals surface area (Å²) in [4.78, 5) is 14.0. The molecule has 4 fully saturated rings. The average molecular weight is 576 g/mol. The molecule has 0 heterocycles. The molecule has 8 unspecified atom stereocenters. The number of rotatable bonds is 6. The molecule has 0 spiro atoms. The fourth-order valence-electron chi connectivity index (χ4n) is 12.9. The molecule has 8 atom stereocenters. The zero-order valence-corrected chi connectivity index (χ0v) is 28.0. The lowest BCUT2D eigenvalue weighted by atomic mass is 9.34. The SMILES string of the molecule is CC(C)C1=C2C3(C)CCC4C5(C)CCCC(C)(C)C5CCC4(C)C3CCC2(C(C)CNCc2ccc(F)cc2)CC1=O. The van der Waals surface area contributed by atoms with Gasteiger partial charge in [0.1, 0.15) is 5.82 Å². The summed E-state index contributed by atoms with van der Waals surface area (Å²) in [5.74, 6) is 3.21. The first-order valence-electron chi connectivity index (χ1n) is 17.4. The molecule has 0 saturated heterocycles. The van der Waals surface area contributed by atoms with Crippen LogP contribution in [0.2, 0.25) is 0 Å². The van der Waals surface area contributed by atoms with Crippen molar-refractivity contribution < 1.29 is 9.18 Å². The van der Waals surface area contributed by atoms with E-state index in [2.05, 4.69) is 60.7 Å². The van der Waals surface area contributed by atoms with E-state index in [0.29, 0.717) is 40.3 Å². The van der Waals surface area contributed by atoms with Gasteiger partial charge in [0.25, 0.3) is 0 Å². The van der Waals surface area contributed by atoms with Crippen molar-refractivity contribution in [2.24, 2.45) is 56.7 Å². The van der Waals surface area contributed by atoms with E-state index in [1.54, 1.807) is 17.7 Å². The zero-order chi connectivity index (χ0) is 30.3. The van der Waals surface area contributed by atoms with Gasteiger partial charge in [0.05, 0.1) is 0 Å². The van der Waals surface area contributed by atoms with Crippen molar-refractivity contribution in [2.75, 3.05) is 6.54 Å². The molecule has 1 aromatic rings. The number of hydrogen-bond acceptors (Lipinski definition) is 2. The van der Waals surface area contributed by atoms with E-state index >= 15 is 0 Å². The van der Waals surface area contributed by atoms with Gasteiger partial charge < -0.3 is 5.32 Å². The van der Waals surface area contributed by atoms with Gasteiger partial charge in [-0.1, -0.05) is 79.5 Å². The first kappa shape index (κ1) is 30.5. The van der Waals surface area contributed by atoms with Crippen molar-refractivity contribution in [1.29, 1.82) is 0 Å². The van der Waals surface area contributed by atoms with Crippen molar-refractivity contribution in [3.8, 4) is 0 Å². The Morgan fingerprint density at radius 1 is 0.833 bits per heavy atom. The number of nitrogens with one attached hydrogen (secondary N) is 1. The van der Waals surface area contributed by atoms with Crippen LogP contribution in [-0.2, 0) is 11.3 Å². The summed E-state index contributed by atoms with van der Waals surface area (Å²) in [6.07, 6.45) is 12.6. The molecule has 1 N–H and O–H groups in total. The lowest BCUT2D eigenvalue weighted by Gasteiger charge is -2.70. The van der Waals surface area contributed by atoms with Gasteiger partial charge in [-0.2, -0.15) is 0 Å². The van der Waals surface area contributed by atoms with Crippen LogP contribution in [0, 0.1) is 62.5 Å². The molecule has 5 aliphatic rings. The predicted octanol–water partition coefficient (Wildman–Crippen LogP) is 9.92. The molecular weight excluding hydrogens is 517 g/mol. The highest BCUT2D eigenvalue weighted by Gasteiger charge is 2.68. The fourth-order valence-corrected chi connectivity index (χ4v) is 12.9. The Balaban J connectivity index is 1.33. The van der Waals surface area contributed by atoms with Crippen LogP contribution >= 0.6 is 0 Å². The summed E-state index contributed by atoms with van der Waals surface area (Å²) >= 11 is 0. The minimum atomic E-state index is -0.186. The standard InChI is InChI=1S/C39H58FNO/c1-25(2)33-29(42)22-39(26(3)23-41-24-27-10-12-28(40)13-11-27)21-16-32-37(7)19-14-30-35(4,5)17-9-18-36(30,6)31(37)15-20-38(32,8)34(33)39/h10-13,25-26,30-32,41H,9,14-24H2,1-8H3. The Bertz CT molecular complexity index is 1250. The van der Waals surface area contributed by atoms with Gasteiger partial charge in [-0.25, -0.2) is 4.39 Å². The van der Waals surface area contributed by atoms with Crippen molar-refractivity contribution in [3.63, 3.8) is 0 Å². The maximum Gasteiger partial charge on any atom is 0.160 e. The third kappa shape index (κ3) is 4.36. The van der Waals surface area contributed by atoms with Crippen molar-refractivity contribution in [2.45, 2.75) is 126 Å². The van der Waals surface area contributed by atoms with Crippen LogP contribution in [0.25, 0.3) is 0 Å². The minimum Gasteiger partial charge on any atom is -0.312 e. The van der Waals surface area contributed by atoms with E-state index in [9.17, 15) is 9.18 Å². The molecule has 1 aromatic carbocycles. The second-order valence-electron chi connectivity index (χ2n) is 17.4. The smallest absolute Gasteiger partial charge is 0.160 e. The second kappa shape index (κ2) is 10.3. The molecule has 2 nitrogen and oxygen atoms in total. The van der Waals surface area contributed by atoms with Gasteiger partial charge in [-0.15, -0.1) is 0 Å². The van der Waals surface area contributed by atoms with E-state index in [4.69, 9.17) is 0 Å². The highest BCUT2D eigenvalue weighted by Crippen LogP contribution is 2.76. The molecule has 0 aromatic heterocycles. The number of hydrogen-bond donors (Lipinski definition) is 1. The van der Waals surface area contributed by atoms with Gasteiger partial charge in [0, 0.05) is 18.4 Å². The Kier molecular flexibility index (Phi) is 7.48. The molecular formula is C39H58FNO. The quantitative estimate of drug-likeness (QED) is 0.366. The van der Waals surface area contributed by atoms with Crippen LogP contribution in [0.5, 0.6) is 0 Å². The maximum atomic E-state index is 14.0. The van der Waals surface area contributed by atoms with Gasteiger partial charge in [0.15, 0.2) is 5.78 Å². The maximum absolute atomic E-state index is 14.0. The monoisotopic (exact) mass is 575 g/mol. The van der Waals surface area contributed by atoms with E-state index in [1.807, 2.05) is 12.1 Å². The number of carbonyl (C=O) groups is 1. The minimum absolute atomic E-state index is 0.0329. The van der Waals surface area contributed by atoms with E-state index in [0.717, 1.165) is 36.9 Å². The number of carbonyl (C=O) groups excluding carboxylic acids is 1. The first-order chi connectivity index (χ1) is 19.7. The molecule has 4 saturated carbocycles. The summed E-state index contributed by atoms with van der Waals surface area (Å²) < 4.78 is 13.4. The van der Waals surface area contributed by atoms with Gasteiger partial charge in [0.2, 0.25) is 0 Å². The van der Waals surface area contributed by atoms with Crippen LogP contribution in [0.3, 0.4) is 0 Å². The second-order valence-corrected chi connectivity index (χ2v) is 17.4. The van der Waals surface area contributed by atoms with Gasteiger partial charge in [-0.05, 0) is 132 Å². The van der Waals surface area contributed by atoms with Crippen LogP contribution in [0.4, 0.5) is 4.39 Å². The normalized spacial score (nSPS) is 41.7. The van der Waals surface area contributed by atoms with Gasteiger partial charge in [-0.3, -0.25) is 4.79 Å². The van der Waals surface area contributed by atoms with E-state index < -0.39 is 0 Å². The predicted molar refractivity (Wildman–Crippen MR) is 171 cm³/mol. The molecule has 6 rings (SSSR count). The summed E-state index contributed by atoms with van der Waals surface area (Å²) in [5.41, 5.74) is 5.23. The number of ketones is 1. The summed E-state index contributed by atoms with van der Waals surface area (Å²) in [5, 5.41) is 3.71. The van der Waals surface area contributed by atoms with Crippen LogP contribution in [0.1, 0.15) is 125 Å². The molecule has 0 bridgehead atoms.